The molecule has 0 spiro atoms. The zero-order valence-corrected chi connectivity index (χ0v) is 7.67. The number of nitrogens with zero attached hydrogens (tertiary/aromatic N) is 1. The van der Waals surface area contributed by atoms with E-state index in [-0.39, 0.29) is 0 Å². The molecule has 1 nitrogen and oxygen atoms in total. The van der Waals surface area contributed by atoms with Crippen molar-refractivity contribution >= 4 is 11.6 Å². The first kappa shape index (κ1) is 9.09. The quantitative estimate of drug-likeness (QED) is 0.641. The lowest BCUT2D eigenvalue weighted by Gasteiger charge is -2.17. The highest BCUT2D eigenvalue weighted by molar-refractivity contribution is 6.19. The van der Waals surface area contributed by atoms with Crippen molar-refractivity contribution in [1.29, 1.82) is 5.26 Å². The van der Waals surface area contributed by atoms with Crippen LogP contribution in [0.2, 0.25) is 0 Å². The van der Waals surface area contributed by atoms with Crippen molar-refractivity contribution in [2.45, 2.75) is 12.3 Å². The maximum Gasteiger partial charge on any atom is 0.0929 e. The molecule has 2 heteroatoms. The van der Waals surface area contributed by atoms with E-state index in [1.165, 1.54) is 0 Å². The minimum Gasteiger partial charge on any atom is -0.197 e. The molecule has 1 unspecified atom stereocenters. The molecule has 0 aliphatic heterocycles. The summed E-state index contributed by atoms with van der Waals surface area (Å²) in [6.07, 6.45) is 0. The van der Waals surface area contributed by atoms with Crippen LogP contribution in [0, 0.1) is 11.3 Å². The van der Waals surface area contributed by atoms with Gasteiger partial charge >= 0.3 is 0 Å². The van der Waals surface area contributed by atoms with Crippen LogP contribution in [0.15, 0.2) is 30.3 Å². The topological polar surface area (TPSA) is 23.8 Å². The van der Waals surface area contributed by atoms with Crippen molar-refractivity contribution < 1.29 is 0 Å². The summed E-state index contributed by atoms with van der Waals surface area (Å²) in [6, 6.07) is 11.8. The van der Waals surface area contributed by atoms with Gasteiger partial charge in [0.15, 0.2) is 0 Å². The van der Waals surface area contributed by atoms with Crippen molar-refractivity contribution in [3.8, 4) is 6.07 Å². The lowest BCUT2D eigenvalue weighted by Crippen LogP contribution is -2.21. The summed E-state index contributed by atoms with van der Waals surface area (Å²) >= 11 is 5.72. The summed E-state index contributed by atoms with van der Waals surface area (Å²) in [7, 11) is 0. The molecule has 0 N–H and O–H groups in total. The minimum atomic E-state index is -0.553. The third kappa shape index (κ3) is 1.60. The fourth-order valence-corrected chi connectivity index (χ4v) is 1.19. The second-order valence-corrected chi connectivity index (χ2v) is 3.21. The second kappa shape index (κ2) is 3.60. The third-order valence-corrected chi connectivity index (χ3v) is 2.46. The van der Waals surface area contributed by atoms with E-state index in [0.717, 1.165) is 5.56 Å². The number of hydrogen-bond acceptors (Lipinski definition) is 1. The largest absolute Gasteiger partial charge is 0.197 e. The molecule has 1 atom stereocenters. The monoisotopic (exact) mass is 179 g/mol. The molecule has 0 fully saturated rings. The summed E-state index contributed by atoms with van der Waals surface area (Å²) < 4.78 is 0. The van der Waals surface area contributed by atoms with Gasteiger partial charge in [0.1, 0.15) is 0 Å². The summed E-state index contributed by atoms with van der Waals surface area (Å²) in [4.78, 5) is 0. The van der Waals surface area contributed by atoms with Crippen LogP contribution in [-0.2, 0) is 5.41 Å². The molecule has 1 rings (SSSR count). The molecule has 0 saturated heterocycles. The molecule has 0 radical (unpaired) electrons. The number of rotatable bonds is 2. The SMILES string of the molecule is CC(C#N)(CCl)c1ccccc1. The van der Waals surface area contributed by atoms with Gasteiger partial charge in [-0.2, -0.15) is 5.26 Å². The van der Waals surface area contributed by atoms with Gasteiger partial charge in [-0.1, -0.05) is 30.3 Å². The van der Waals surface area contributed by atoms with Gasteiger partial charge in [-0.15, -0.1) is 11.6 Å². The number of benzene rings is 1. The molecule has 0 saturated carbocycles. The fraction of sp³-hybridized carbons (Fsp3) is 0.300. The fourth-order valence-electron chi connectivity index (χ4n) is 0.978. The standard InChI is InChI=1S/C10H10ClN/c1-10(7-11,8-12)9-5-3-2-4-6-9/h2-6H,7H2,1H3. The summed E-state index contributed by atoms with van der Waals surface area (Å²) in [5, 5.41) is 8.90. The molecular formula is C10H10ClN. The van der Waals surface area contributed by atoms with Crippen molar-refractivity contribution in [1.82, 2.24) is 0 Å². The molecular weight excluding hydrogens is 170 g/mol. The van der Waals surface area contributed by atoms with Crippen LogP contribution in [0.1, 0.15) is 12.5 Å². The molecule has 1 aromatic rings. The van der Waals surface area contributed by atoms with E-state index >= 15 is 0 Å². The van der Waals surface area contributed by atoms with Gasteiger partial charge in [0.2, 0.25) is 0 Å². The van der Waals surface area contributed by atoms with Gasteiger partial charge in [-0.25, -0.2) is 0 Å². The lowest BCUT2D eigenvalue weighted by atomic mass is 9.86. The van der Waals surface area contributed by atoms with E-state index in [1.54, 1.807) is 0 Å². The van der Waals surface area contributed by atoms with Gasteiger partial charge < -0.3 is 0 Å². The Balaban J connectivity index is 3.06. The molecule has 0 aliphatic carbocycles. The predicted molar refractivity (Wildman–Crippen MR) is 50.1 cm³/mol. The Labute approximate surface area is 77.6 Å². The molecule has 0 aliphatic rings. The van der Waals surface area contributed by atoms with E-state index in [0.29, 0.717) is 5.88 Å². The molecule has 62 valence electrons. The summed E-state index contributed by atoms with van der Waals surface area (Å²) in [5.41, 5.74) is 0.422. The first-order valence-electron chi connectivity index (χ1n) is 3.76. The van der Waals surface area contributed by atoms with Gasteiger partial charge in [-0.3, -0.25) is 0 Å². The van der Waals surface area contributed by atoms with Crippen LogP contribution in [-0.4, -0.2) is 5.88 Å². The highest BCUT2D eigenvalue weighted by atomic mass is 35.5. The molecule has 12 heavy (non-hydrogen) atoms. The van der Waals surface area contributed by atoms with E-state index in [1.807, 2.05) is 37.3 Å². The Bertz CT molecular complexity index is 288. The Morgan fingerprint density at radius 3 is 2.42 bits per heavy atom. The Kier molecular flexibility index (Phi) is 2.73. The Morgan fingerprint density at radius 1 is 1.42 bits per heavy atom. The van der Waals surface area contributed by atoms with Crippen molar-refractivity contribution in [2.24, 2.45) is 0 Å². The Morgan fingerprint density at radius 2 is 2.00 bits per heavy atom. The smallest absolute Gasteiger partial charge is 0.0929 e. The van der Waals surface area contributed by atoms with Crippen molar-refractivity contribution in [3.63, 3.8) is 0 Å². The van der Waals surface area contributed by atoms with Crippen LogP contribution >= 0.6 is 11.6 Å². The highest BCUT2D eigenvalue weighted by Gasteiger charge is 2.24. The van der Waals surface area contributed by atoms with Crippen LogP contribution in [0.25, 0.3) is 0 Å². The van der Waals surface area contributed by atoms with Crippen molar-refractivity contribution in [3.05, 3.63) is 35.9 Å². The molecule has 1 aromatic carbocycles. The second-order valence-electron chi connectivity index (χ2n) is 2.94. The number of halogens is 1. The van der Waals surface area contributed by atoms with Crippen LogP contribution in [0.4, 0.5) is 0 Å². The number of hydrogen-bond donors (Lipinski definition) is 0. The summed E-state index contributed by atoms with van der Waals surface area (Å²) in [6.45, 7) is 1.84. The maximum absolute atomic E-state index is 8.90. The van der Waals surface area contributed by atoms with E-state index in [4.69, 9.17) is 16.9 Å². The minimum absolute atomic E-state index is 0.327. The molecule has 0 bridgehead atoms. The molecule has 0 amide bonds. The Hall–Kier alpha value is -1.00. The average molecular weight is 180 g/mol. The van der Waals surface area contributed by atoms with E-state index in [9.17, 15) is 0 Å². The molecule has 0 aromatic heterocycles. The van der Waals surface area contributed by atoms with Gasteiger partial charge in [0.05, 0.1) is 11.5 Å². The molecule has 0 heterocycles. The van der Waals surface area contributed by atoms with E-state index < -0.39 is 5.41 Å². The zero-order valence-electron chi connectivity index (χ0n) is 6.92. The van der Waals surface area contributed by atoms with Crippen LogP contribution < -0.4 is 0 Å². The van der Waals surface area contributed by atoms with Crippen LogP contribution in [0.3, 0.4) is 0 Å². The normalized spacial score (nSPS) is 14.8. The predicted octanol–water partition coefficient (Wildman–Crippen LogP) is 2.71. The third-order valence-electron chi connectivity index (χ3n) is 1.92. The number of alkyl halides is 1. The number of nitriles is 1. The highest BCUT2D eigenvalue weighted by Crippen LogP contribution is 2.23. The first-order chi connectivity index (χ1) is 5.73. The zero-order chi connectivity index (χ0) is 9.03. The van der Waals surface area contributed by atoms with Gasteiger partial charge in [-0.05, 0) is 12.5 Å². The average Bonchev–Trinajstić information content (AvgIpc) is 2.18. The lowest BCUT2D eigenvalue weighted by molar-refractivity contribution is 0.695. The first-order valence-corrected chi connectivity index (χ1v) is 4.29. The van der Waals surface area contributed by atoms with Gasteiger partial charge in [0, 0.05) is 5.88 Å². The van der Waals surface area contributed by atoms with Crippen molar-refractivity contribution in [2.75, 3.05) is 5.88 Å². The van der Waals surface area contributed by atoms with Gasteiger partial charge in [0.25, 0.3) is 0 Å². The summed E-state index contributed by atoms with van der Waals surface area (Å²) in [5.74, 6) is 0.327. The maximum atomic E-state index is 8.90. The van der Waals surface area contributed by atoms with E-state index in [2.05, 4.69) is 6.07 Å². The van der Waals surface area contributed by atoms with Crippen LogP contribution in [0.5, 0.6) is 0 Å².